The molecule has 0 spiro atoms. The summed E-state index contributed by atoms with van der Waals surface area (Å²) in [7, 11) is 0. The zero-order chi connectivity index (χ0) is 14.2. The minimum absolute atomic E-state index is 0.0701. The van der Waals surface area contributed by atoms with E-state index in [0.717, 1.165) is 12.1 Å². The normalized spacial score (nSPS) is 12.5. The Bertz CT molecular complexity index is 632. The van der Waals surface area contributed by atoms with Crippen LogP contribution in [0.3, 0.4) is 0 Å². The summed E-state index contributed by atoms with van der Waals surface area (Å²) in [6.45, 7) is 0. The van der Waals surface area contributed by atoms with Crippen LogP contribution in [0.1, 0.15) is 16.5 Å². The first-order valence-electron chi connectivity index (χ1n) is 5.13. The van der Waals surface area contributed by atoms with Crippen molar-refractivity contribution in [3.8, 4) is 0 Å². The lowest BCUT2D eigenvalue weighted by atomic mass is 10.0. The van der Waals surface area contributed by atoms with Gasteiger partial charge in [0, 0.05) is 14.5 Å². The first-order valence-corrected chi connectivity index (χ1v) is 7.12. The number of benzene rings is 2. The van der Waals surface area contributed by atoms with Gasteiger partial charge >= 0.3 is 0 Å². The minimum atomic E-state index is -1.01. The zero-order valence-electron chi connectivity index (χ0n) is 9.23. The maximum atomic E-state index is 13.3. The SMILES string of the molecule is Fc1cc(Cl)c(C(Cl)c2ccc(Cl)cc2Br)cc1F. The predicted octanol–water partition coefficient (Wildman–Crippen LogP) is 6.36. The highest BCUT2D eigenvalue weighted by Gasteiger charge is 2.19. The molecule has 0 saturated heterocycles. The monoisotopic (exact) mass is 384 g/mol. The predicted molar refractivity (Wildman–Crippen MR) is 78.2 cm³/mol. The largest absolute Gasteiger partial charge is 0.204 e. The molecule has 0 radical (unpaired) electrons. The van der Waals surface area contributed by atoms with Crippen LogP contribution in [0.5, 0.6) is 0 Å². The number of hydrogen-bond donors (Lipinski definition) is 0. The zero-order valence-corrected chi connectivity index (χ0v) is 13.1. The maximum absolute atomic E-state index is 13.3. The lowest BCUT2D eigenvalue weighted by molar-refractivity contribution is 0.507. The van der Waals surface area contributed by atoms with Gasteiger partial charge in [-0.15, -0.1) is 11.6 Å². The minimum Gasteiger partial charge on any atom is -0.204 e. The third kappa shape index (κ3) is 3.22. The summed E-state index contributed by atoms with van der Waals surface area (Å²) in [6, 6.07) is 6.92. The van der Waals surface area contributed by atoms with Crippen LogP contribution >= 0.6 is 50.7 Å². The summed E-state index contributed by atoms with van der Waals surface area (Å²) in [5.41, 5.74) is 0.962. The molecule has 0 fully saturated rings. The Morgan fingerprint density at radius 1 is 0.947 bits per heavy atom. The molecule has 0 aliphatic heterocycles. The van der Waals surface area contributed by atoms with Crippen molar-refractivity contribution in [3.63, 3.8) is 0 Å². The number of alkyl halides is 1. The molecule has 0 bridgehead atoms. The van der Waals surface area contributed by atoms with Crippen LogP contribution < -0.4 is 0 Å². The topological polar surface area (TPSA) is 0 Å². The van der Waals surface area contributed by atoms with E-state index >= 15 is 0 Å². The highest BCUT2D eigenvalue weighted by atomic mass is 79.9. The lowest BCUT2D eigenvalue weighted by Crippen LogP contribution is -1.98. The Hall–Kier alpha value is -0.350. The van der Waals surface area contributed by atoms with E-state index in [-0.39, 0.29) is 5.02 Å². The highest BCUT2D eigenvalue weighted by molar-refractivity contribution is 9.10. The molecular formula is C13H6BrCl3F2. The van der Waals surface area contributed by atoms with E-state index in [1.165, 1.54) is 0 Å². The molecule has 0 aliphatic carbocycles. The van der Waals surface area contributed by atoms with E-state index in [2.05, 4.69) is 15.9 Å². The molecule has 1 unspecified atom stereocenters. The van der Waals surface area contributed by atoms with Crippen molar-refractivity contribution in [1.29, 1.82) is 0 Å². The Morgan fingerprint density at radius 3 is 2.21 bits per heavy atom. The van der Waals surface area contributed by atoms with Gasteiger partial charge in [-0.1, -0.05) is 45.2 Å². The molecule has 2 rings (SSSR count). The van der Waals surface area contributed by atoms with Crippen molar-refractivity contribution in [2.24, 2.45) is 0 Å². The molecule has 2 aromatic carbocycles. The molecule has 1 atom stereocenters. The second-order valence-corrected chi connectivity index (χ2v) is 5.95. The Balaban J connectivity index is 2.49. The smallest absolute Gasteiger partial charge is 0.160 e. The fraction of sp³-hybridized carbons (Fsp3) is 0.0769. The Kier molecular flexibility index (Phi) is 4.72. The van der Waals surface area contributed by atoms with E-state index in [1.807, 2.05) is 0 Å². The molecule has 6 heteroatoms. The summed E-state index contributed by atoms with van der Waals surface area (Å²) in [5, 5.41) is -0.106. The van der Waals surface area contributed by atoms with Crippen LogP contribution in [0, 0.1) is 11.6 Å². The fourth-order valence-electron chi connectivity index (χ4n) is 1.61. The number of hydrogen-bond acceptors (Lipinski definition) is 0. The van der Waals surface area contributed by atoms with Crippen LogP contribution in [0.25, 0.3) is 0 Å². The van der Waals surface area contributed by atoms with Crippen molar-refractivity contribution in [3.05, 3.63) is 67.6 Å². The van der Waals surface area contributed by atoms with Crippen LogP contribution in [-0.4, -0.2) is 0 Å². The van der Waals surface area contributed by atoms with Crippen molar-refractivity contribution in [2.45, 2.75) is 5.38 Å². The molecule has 19 heavy (non-hydrogen) atoms. The van der Waals surface area contributed by atoms with Crippen molar-refractivity contribution >= 4 is 50.7 Å². The Labute approximate surface area is 132 Å². The van der Waals surface area contributed by atoms with E-state index in [9.17, 15) is 8.78 Å². The van der Waals surface area contributed by atoms with Gasteiger partial charge in [-0.3, -0.25) is 0 Å². The number of rotatable bonds is 2. The lowest BCUT2D eigenvalue weighted by Gasteiger charge is -2.14. The fourth-order valence-corrected chi connectivity index (χ4v) is 3.34. The van der Waals surface area contributed by atoms with Crippen molar-refractivity contribution in [1.82, 2.24) is 0 Å². The molecule has 2 aromatic rings. The average Bonchev–Trinajstić information content (AvgIpc) is 2.33. The second-order valence-electron chi connectivity index (χ2n) is 3.82. The third-order valence-corrected chi connectivity index (χ3v) is 4.27. The maximum Gasteiger partial charge on any atom is 0.160 e. The van der Waals surface area contributed by atoms with Gasteiger partial charge in [-0.05, 0) is 35.4 Å². The van der Waals surface area contributed by atoms with Gasteiger partial charge in [0.15, 0.2) is 11.6 Å². The molecule has 0 heterocycles. The van der Waals surface area contributed by atoms with Gasteiger partial charge in [0.25, 0.3) is 0 Å². The summed E-state index contributed by atoms with van der Waals surface area (Å²) >= 11 is 21.3. The van der Waals surface area contributed by atoms with Gasteiger partial charge in [-0.25, -0.2) is 8.78 Å². The molecule has 0 amide bonds. The average molecular weight is 386 g/mol. The van der Waals surface area contributed by atoms with Crippen LogP contribution in [-0.2, 0) is 0 Å². The molecule has 0 nitrogen and oxygen atoms in total. The molecule has 0 aliphatic rings. The highest BCUT2D eigenvalue weighted by Crippen LogP contribution is 2.38. The summed E-state index contributed by atoms with van der Waals surface area (Å²) in [6.07, 6.45) is 0. The quantitative estimate of drug-likeness (QED) is 0.416. The van der Waals surface area contributed by atoms with Crippen LogP contribution in [0.2, 0.25) is 10.0 Å². The van der Waals surface area contributed by atoms with Gasteiger partial charge in [0.05, 0.1) is 5.38 Å². The molecule has 0 N–H and O–H groups in total. The summed E-state index contributed by atoms with van der Waals surface area (Å²) in [5.74, 6) is -2.00. The van der Waals surface area contributed by atoms with Gasteiger partial charge < -0.3 is 0 Å². The third-order valence-electron chi connectivity index (χ3n) is 2.55. The van der Waals surface area contributed by atoms with E-state index in [0.29, 0.717) is 20.6 Å². The molecule has 0 aromatic heterocycles. The first kappa shape index (κ1) is 15.0. The summed E-state index contributed by atoms with van der Waals surface area (Å²) < 4.78 is 27.0. The van der Waals surface area contributed by atoms with Crippen molar-refractivity contribution in [2.75, 3.05) is 0 Å². The van der Waals surface area contributed by atoms with Gasteiger partial charge in [0.2, 0.25) is 0 Å². The standard InChI is InChI=1S/C13H6BrCl3F2/c14-9-3-6(15)1-2-7(9)13(17)8-4-11(18)12(19)5-10(8)16/h1-5,13H. The first-order chi connectivity index (χ1) is 8.90. The number of halogens is 6. The van der Waals surface area contributed by atoms with Gasteiger partial charge in [0.1, 0.15) is 0 Å². The van der Waals surface area contributed by atoms with Gasteiger partial charge in [-0.2, -0.15) is 0 Å². The molecule has 100 valence electrons. The van der Waals surface area contributed by atoms with E-state index in [4.69, 9.17) is 34.8 Å². The van der Waals surface area contributed by atoms with E-state index < -0.39 is 17.0 Å². The van der Waals surface area contributed by atoms with Crippen molar-refractivity contribution < 1.29 is 8.78 Å². The second kappa shape index (κ2) is 5.96. The molecular weight excluding hydrogens is 380 g/mol. The van der Waals surface area contributed by atoms with Crippen LogP contribution in [0.4, 0.5) is 8.78 Å². The van der Waals surface area contributed by atoms with Crippen LogP contribution in [0.15, 0.2) is 34.8 Å². The summed E-state index contributed by atoms with van der Waals surface area (Å²) in [4.78, 5) is 0. The molecule has 0 saturated carbocycles. The van der Waals surface area contributed by atoms with E-state index in [1.54, 1.807) is 18.2 Å². The Morgan fingerprint density at radius 2 is 1.58 bits per heavy atom.